The summed E-state index contributed by atoms with van der Waals surface area (Å²) in [6.45, 7) is 11.3. The highest BCUT2D eigenvalue weighted by Crippen LogP contribution is 2.14. The van der Waals surface area contributed by atoms with E-state index < -0.39 is 0 Å². The highest BCUT2D eigenvalue weighted by Gasteiger charge is 2.18. The molecule has 0 unspecified atom stereocenters. The monoisotopic (exact) mass is 362 g/mol. The van der Waals surface area contributed by atoms with E-state index in [1.54, 1.807) is 0 Å². The number of nitrogens with zero attached hydrogens (tertiary/aromatic N) is 4. The Bertz CT molecular complexity index is 390. The maximum absolute atomic E-state index is 4.74. The van der Waals surface area contributed by atoms with Gasteiger partial charge in [0.15, 0.2) is 0 Å². The van der Waals surface area contributed by atoms with E-state index in [1.807, 2.05) is 0 Å². The number of hydrogen-bond acceptors (Lipinski definition) is 4. The molecule has 2 aliphatic rings. The number of hydrogen-bond donors (Lipinski definition) is 0. The van der Waals surface area contributed by atoms with E-state index in [-0.39, 0.29) is 0 Å². The van der Waals surface area contributed by atoms with Gasteiger partial charge < -0.3 is 9.80 Å². The van der Waals surface area contributed by atoms with Crippen LogP contribution in [0.1, 0.15) is 90.9 Å². The number of amidine groups is 2. The van der Waals surface area contributed by atoms with Gasteiger partial charge in [-0.15, -0.1) is 0 Å². The van der Waals surface area contributed by atoms with E-state index in [9.17, 15) is 0 Å². The summed E-state index contributed by atoms with van der Waals surface area (Å²) in [5.74, 6) is 2.78. The summed E-state index contributed by atoms with van der Waals surface area (Å²) in [6, 6.07) is 0. The molecule has 26 heavy (non-hydrogen) atoms. The van der Waals surface area contributed by atoms with Crippen molar-refractivity contribution in [2.24, 2.45) is 9.98 Å². The van der Waals surface area contributed by atoms with Gasteiger partial charge in [0.2, 0.25) is 0 Å². The first-order valence-electron chi connectivity index (χ1n) is 11.4. The lowest BCUT2D eigenvalue weighted by Gasteiger charge is -2.23. The molecular weight excluding hydrogens is 320 g/mol. The second-order valence-corrected chi connectivity index (χ2v) is 7.90. The molecule has 0 amide bonds. The maximum Gasteiger partial charge on any atom is 0.0990 e. The topological polar surface area (TPSA) is 31.2 Å². The normalized spacial score (nSPS) is 17.2. The predicted octanol–water partition coefficient (Wildman–Crippen LogP) is 5.14. The molecule has 150 valence electrons. The van der Waals surface area contributed by atoms with E-state index in [1.165, 1.54) is 102 Å². The predicted molar refractivity (Wildman–Crippen MR) is 115 cm³/mol. The van der Waals surface area contributed by atoms with Gasteiger partial charge in [-0.25, -0.2) is 0 Å². The average Bonchev–Trinajstić information content (AvgIpc) is 3.29. The number of aliphatic imine (C=N–C) groups is 2. The molecule has 2 heterocycles. The van der Waals surface area contributed by atoms with Crippen LogP contribution in [0.2, 0.25) is 0 Å². The van der Waals surface area contributed by atoms with Crippen molar-refractivity contribution in [3.63, 3.8) is 0 Å². The van der Waals surface area contributed by atoms with Crippen molar-refractivity contribution in [1.29, 1.82) is 0 Å². The third-order valence-corrected chi connectivity index (χ3v) is 5.67. The second kappa shape index (κ2) is 13.2. The molecule has 0 fully saturated rings. The summed E-state index contributed by atoms with van der Waals surface area (Å²) in [6.07, 6.45) is 15.7. The molecule has 0 saturated carbocycles. The lowest BCUT2D eigenvalue weighted by Crippen LogP contribution is -2.31. The molecule has 0 atom stereocenters. The molecule has 2 aliphatic heterocycles. The van der Waals surface area contributed by atoms with Crippen molar-refractivity contribution in [3.8, 4) is 0 Å². The minimum Gasteiger partial charge on any atom is -0.359 e. The van der Waals surface area contributed by atoms with E-state index in [0.29, 0.717) is 0 Å². The molecule has 0 aromatic carbocycles. The Morgan fingerprint density at radius 2 is 1.08 bits per heavy atom. The van der Waals surface area contributed by atoms with Gasteiger partial charge in [-0.05, 0) is 25.7 Å². The van der Waals surface area contributed by atoms with Crippen LogP contribution >= 0.6 is 0 Å². The van der Waals surface area contributed by atoms with E-state index in [0.717, 1.165) is 26.2 Å². The zero-order valence-electron chi connectivity index (χ0n) is 17.5. The Kier molecular flexibility index (Phi) is 10.8. The Morgan fingerprint density at radius 3 is 1.50 bits per heavy atom. The smallest absolute Gasteiger partial charge is 0.0990 e. The van der Waals surface area contributed by atoms with Crippen LogP contribution in [0.15, 0.2) is 9.98 Å². The molecule has 4 heteroatoms. The summed E-state index contributed by atoms with van der Waals surface area (Å²) in [7, 11) is 0. The second-order valence-electron chi connectivity index (χ2n) is 7.90. The van der Waals surface area contributed by atoms with Gasteiger partial charge in [0.1, 0.15) is 0 Å². The van der Waals surface area contributed by atoms with Crippen LogP contribution in [0, 0.1) is 0 Å². The van der Waals surface area contributed by atoms with Gasteiger partial charge in [0, 0.05) is 39.0 Å². The van der Waals surface area contributed by atoms with Gasteiger partial charge in [-0.1, -0.05) is 52.4 Å². The fourth-order valence-corrected chi connectivity index (χ4v) is 4.04. The largest absolute Gasteiger partial charge is 0.359 e. The minimum absolute atomic E-state index is 1.02. The fraction of sp³-hybridized carbons (Fsp3) is 0.909. The zero-order chi connectivity index (χ0) is 18.5. The average molecular weight is 363 g/mol. The van der Waals surface area contributed by atoms with Crippen LogP contribution in [0.3, 0.4) is 0 Å². The molecule has 0 aromatic heterocycles. The van der Waals surface area contributed by atoms with Crippen LogP contribution in [-0.2, 0) is 0 Å². The molecule has 0 bridgehead atoms. The first-order valence-corrected chi connectivity index (χ1v) is 11.4. The Labute approximate surface area is 162 Å². The quantitative estimate of drug-likeness (QED) is 0.378. The lowest BCUT2D eigenvalue weighted by atomic mass is 10.1. The van der Waals surface area contributed by atoms with Crippen LogP contribution in [0.25, 0.3) is 0 Å². The van der Waals surface area contributed by atoms with E-state index >= 15 is 0 Å². The van der Waals surface area contributed by atoms with Crippen LogP contribution < -0.4 is 0 Å². The Balaban J connectivity index is 1.56. The Hall–Kier alpha value is -1.06. The summed E-state index contributed by atoms with van der Waals surface area (Å²) in [4.78, 5) is 14.6. The van der Waals surface area contributed by atoms with Crippen molar-refractivity contribution in [2.45, 2.75) is 90.9 Å². The van der Waals surface area contributed by atoms with Crippen molar-refractivity contribution in [3.05, 3.63) is 0 Å². The third-order valence-electron chi connectivity index (χ3n) is 5.67. The zero-order valence-corrected chi connectivity index (χ0v) is 17.5. The molecule has 2 rings (SSSR count). The molecule has 0 N–H and O–H groups in total. The summed E-state index contributed by atoms with van der Waals surface area (Å²) in [5, 5.41) is 0. The van der Waals surface area contributed by atoms with Gasteiger partial charge in [-0.2, -0.15) is 0 Å². The molecular formula is C22H42N4. The molecule has 0 spiro atoms. The highest BCUT2D eigenvalue weighted by molar-refractivity contribution is 5.84. The molecule has 0 aliphatic carbocycles. The Morgan fingerprint density at radius 1 is 0.615 bits per heavy atom. The van der Waals surface area contributed by atoms with Crippen LogP contribution in [-0.4, -0.2) is 60.7 Å². The lowest BCUT2D eigenvalue weighted by molar-refractivity contribution is 0.388. The number of unbranched alkanes of at least 4 members (excludes halogenated alkanes) is 7. The maximum atomic E-state index is 4.74. The summed E-state index contributed by atoms with van der Waals surface area (Å²) in [5.41, 5.74) is 0. The van der Waals surface area contributed by atoms with Crippen LogP contribution in [0.5, 0.6) is 0 Å². The molecule has 0 saturated heterocycles. The van der Waals surface area contributed by atoms with E-state index in [4.69, 9.17) is 9.98 Å². The molecule has 0 radical (unpaired) electrons. The highest BCUT2D eigenvalue weighted by atomic mass is 15.2. The van der Waals surface area contributed by atoms with Crippen molar-refractivity contribution in [2.75, 3.05) is 39.3 Å². The van der Waals surface area contributed by atoms with Gasteiger partial charge in [-0.3, -0.25) is 9.98 Å². The fourth-order valence-electron chi connectivity index (χ4n) is 4.04. The first-order chi connectivity index (χ1) is 12.8. The SMILES string of the molecule is CCCCCCC1=NCCN1CCCCN1CCN=C1CCCCCC. The van der Waals surface area contributed by atoms with Crippen molar-refractivity contribution >= 4 is 11.7 Å². The standard InChI is InChI=1S/C22H42N4/c1-3-5-7-9-13-21-23-15-19-25(21)17-11-12-18-26-20-16-24-22(26)14-10-8-6-4-2/h3-20H2,1-2H3. The van der Waals surface area contributed by atoms with Crippen molar-refractivity contribution in [1.82, 2.24) is 9.80 Å². The summed E-state index contributed by atoms with van der Waals surface area (Å²) >= 11 is 0. The third kappa shape index (κ3) is 7.67. The van der Waals surface area contributed by atoms with Gasteiger partial charge in [0.05, 0.1) is 24.8 Å². The molecule has 4 nitrogen and oxygen atoms in total. The van der Waals surface area contributed by atoms with Gasteiger partial charge in [0.25, 0.3) is 0 Å². The van der Waals surface area contributed by atoms with Crippen LogP contribution in [0.4, 0.5) is 0 Å². The van der Waals surface area contributed by atoms with Crippen molar-refractivity contribution < 1.29 is 0 Å². The first kappa shape index (κ1) is 21.2. The van der Waals surface area contributed by atoms with E-state index in [2.05, 4.69) is 23.6 Å². The molecule has 0 aromatic rings. The minimum atomic E-state index is 1.02. The number of rotatable bonds is 15. The summed E-state index contributed by atoms with van der Waals surface area (Å²) < 4.78 is 0. The van der Waals surface area contributed by atoms with Gasteiger partial charge >= 0.3 is 0 Å².